The number of carbonyl (C=O) groups is 1. The molecule has 8 heteroatoms. The van der Waals surface area contributed by atoms with Gasteiger partial charge in [0.25, 0.3) is 5.91 Å². The number of imidazole rings is 1. The van der Waals surface area contributed by atoms with Gasteiger partial charge in [0, 0.05) is 37.4 Å². The number of carbonyl (C=O) groups excluding carboxylic acids is 1. The summed E-state index contributed by atoms with van der Waals surface area (Å²) in [5, 5.41) is 0.794. The van der Waals surface area contributed by atoms with E-state index in [1.807, 2.05) is 23.1 Å². The van der Waals surface area contributed by atoms with Gasteiger partial charge < -0.3 is 20.1 Å². The fourth-order valence-electron chi connectivity index (χ4n) is 4.20. The average molecular weight is 412 g/mol. The minimum atomic E-state index is -0.0679. The summed E-state index contributed by atoms with van der Waals surface area (Å²) < 4.78 is 12.8. The molecule has 0 aliphatic carbocycles. The van der Waals surface area contributed by atoms with E-state index in [1.165, 1.54) is 0 Å². The zero-order valence-electron chi connectivity index (χ0n) is 17.8. The minimum Gasteiger partial charge on any atom is -0.494 e. The maximum atomic E-state index is 13.5. The molecule has 3 heterocycles. The zero-order valence-corrected chi connectivity index (χ0v) is 17.8. The molecule has 8 nitrogen and oxygen atoms in total. The normalized spacial score (nSPS) is 18.0. The Morgan fingerprint density at radius 2 is 2.17 bits per heavy atom. The fraction of sp³-hybridized carbons (Fsp3) is 0.500. The molecule has 0 spiro atoms. The van der Waals surface area contributed by atoms with Gasteiger partial charge in [-0.15, -0.1) is 0 Å². The predicted octanol–water partition coefficient (Wildman–Crippen LogP) is 3.14. The van der Waals surface area contributed by atoms with E-state index in [0.29, 0.717) is 48.3 Å². The molecule has 160 valence electrons. The lowest BCUT2D eigenvalue weighted by Gasteiger charge is -2.34. The number of anilines is 1. The van der Waals surface area contributed by atoms with Crippen LogP contribution in [0.25, 0.3) is 16.6 Å². The monoisotopic (exact) mass is 411 g/mol. The van der Waals surface area contributed by atoms with Crippen molar-refractivity contribution in [1.29, 1.82) is 0 Å². The van der Waals surface area contributed by atoms with E-state index in [-0.39, 0.29) is 17.9 Å². The number of benzene rings is 1. The van der Waals surface area contributed by atoms with Crippen LogP contribution in [0, 0.1) is 5.92 Å². The Kier molecular flexibility index (Phi) is 5.76. The number of fused-ring (bicyclic) bond motifs is 3. The van der Waals surface area contributed by atoms with Gasteiger partial charge in [-0.3, -0.25) is 9.20 Å². The largest absolute Gasteiger partial charge is 0.494 e. The Morgan fingerprint density at radius 3 is 2.93 bits per heavy atom. The van der Waals surface area contributed by atoms with Crippen molar-refractivity contribution < 1.29 is 14.3 Å². The van der Waals surface area contributed by atoms with Crippen molar-refractivity contribution in [3.63, 3.8) is 0 Å². The van der Waals surface area contributed by atoms with Crippen LogP contribution in [0.2, 0.25) is 0 Å². The van der Waals surface area contributed by atoms with Crippen LogP contribution < -0.4 is 10.5 Å². The van der Waals surface area contributed by atoms with Crippen molar-refractivity contribution in [2.45, 2.75) is 39.2 Å². The number of hydrogen-bond acceptors (Lipinski definition) is 6. The van der Waals surface area contributed by atoms with Crippen LogP contribution in [0.5, 0.6) is 5.75 Å². The number of para-hydroxylation sites is 1. The fourth-order valence-corrected chi connectivity index (χ4v) is 4.20. The third-order valence-electron chi connectivity index (χ3n) is 5.59. The van der Waals surface area contributed by atoms with Gasteiger partial charge in [-0.25, -0.2) is 9.97 Å². The lowest BCUT2D eigenvalue weighted by atomic mass is 9.99. The van der Waals surface area contributed by atoms with E-state index in [4.69, 9.17) is 15.2 Å². The Morgan fingerprint density at radius 1 is 1.33 bits per heavy atom. The van der Waals surface area contributed by atoms with Crippen LogP contribution in [-0.2, 0) is 4.74 Å². The third kappa shape index (κ3) is 3.79. The molecule has 0 saturated carbocycles. The van der Waals surface area contributed by atoms with E-state index in [1.54, 1.807) is 17.7 Å². The maximum absolute atomic E-state index is 13.5. The molecule has 1 amide bonds. The Hall–Kier alpha value is -2.87. The SMILES string of the molecule is COc1cccc2c1nc(N)n1cc(C(=O)N3CCCOCCC3CC(C)C)nc21. The van der Waals surface area contributed by atoms with Crippen LogP contribution in [-0.4, -0.2) is 58.1 Å². The van der Waals surface area contributed by atoms with Gasteiger partial charge in [0.15, 0.2) is 0 Å². The first kappa shape index (κ1) is 20.4. The predicted molar refractivity (Wildman–Crippen MR) is 116 cm³/mol. The highest BCUT2D eigenvalue weighted by atomic mass is 16.5. The molecule has 1 aliphatic heterocycles. The van der Waals surface area contributed by atoms with Crippen molar-refractivity contribution in [3.05, 3.63) is 30.1 Å². The molecule has 0 radical (unpaired) electrons. The van der Waals surface area contributed by atoms with Gasteiger partial charge >= 0.3 is 0 Å². The topological polar surface area (TPSA) is 95.0 Å². The molecule has 3 aromatic rings. The Bertz CT molecular complexity index is 1060. The second kappa shape index (κ2) is 8.47. The van der Waals surface area contributed by atoms with Crippen molar-refractivity contribution in [1.82, 2.24) is 19.3 Å². The number of hydrogen-bond donors (Lipinski definition) is 1. The Balaban J connectivity index is 1.76. The second-order valence-corrected chi connectivity index (χ2v) is 8.18. The average Bonchev–Trinajstić information content (AvgIpc) is 3.16. The summed E-state index contributed by atoms with van der Waals surface area (Å²) in [6.45, 7) is 6.36. The molecule has 1 saturated heterocycles. The molecule has 2 N–H and O–H groups in total. The van der Waals surface area contributed by atoms with E-state index < -0.39 is 0 Å². The third-order valence-corrected chi connectivity index (χ3v) is 5.59. The molecule has 4 rings (SSSR count). The minimum absolute atomic E-state index is 0.0679. The van der Waals surface area contributed by atoms with Crippen molar-refractivity contribution >= 4 is 28.4 Å². The molecule has 0 bridgehead atoms. The van der Waals surface area contributed by atoms with Crippen LogP contribution in [0.15, 0.2) is 24.4 Å². The first-order valence-electron chi connectivity index (χ1n) is 10.5. The van der Waals surface area contributed by atoms with Crippen LogP contribution in [0.1, 0.15) is 43.6 Å². The van der Waals surface area contributed by atoms with Gasteiger partial charge in [0.2, 0.25) is 5.95 Å². The summed E-state index contributed by atoms with van der Waals surface area (Å²) in [7, 11) is 1.60. The summed E-state index contributed by atoms with van der Waals surface area (Å²) in [5.41, 5.74) is 7.82. The number of nitrogen functional groups attached to an aromatic ring is 1. The summed E-state index contributed by atoms with van der Waals surface area (Å²) in [6, 6.07) is 5.76. The van der Waals surface area contributed by atoms with E-state index in [0.717, 1.165) is 24.6 Å². The summed E-state index contributed by atoms with van der Waals surface area (Å²) >= 11 is 0. The van der Waals surface area contributed by atoms with Gasteiger partial charge in [-0.2, -0.15) is 0 Å². The van der Waals surface area contributed by atoms with Gasteiger partial charge in [0.1, 0.15) is 22.6 Å². The number of methoxy groups -OCH3 is 1. The molecule has 2 aromatic heterocycles. The summed E-state index contributed by atoms with van der Waals surface area (Å²) in [4.78, 5) is 24.6. The van der Waals surface area contributed by atoms with Crippen LogP contribution >= 0.6 is 0 Å². The summed E-state index contributed by atoms with van der Waals surface area (Å²) in [5.74, 6) is 1.32. The smallest absolute Gasteiger partial charge is 0.274 e. The van der Waals surface area contributed by atoms with E-state index in [9.17, 15) is 4.79 Å². The number of amides is 1. The van der Waals surface area contributed by atoms with Crippen molar-refractivity contribution in [3.8, 4) is 5.75 Å². The van der Waals surface area contributed by atoms with Crippen LogP contribution in [0.4, 0.5) is 5.95 Å². The Labute approximate surface area is 176 Å². The van der Waals surface area contributed by atoms with Gasteiger partial charge in [0.05, 0.1) is 7.11 Å². The highest BCUT2D eigenvalue weighted by Gasteiger charge is 2.28. The van der Waals surface area contributed by atoms with E-state index >= 15 is 0 Å². The van der Waals surface area contributed by atoms with Crippen LogP contribution in [0.3, 0.4) is 0 Å². The molecular weight excluding hydrogens is 382 g/mol. The molecule has 1 unspecified atom stereocenters. The van der Waals surface area contributed by atoms with E-state index in [2.05, 4.69) is 23.8 Å². The number of rotatable bonds is 4. The molecule has 1 aromatic carbocycles. The second-order valence-electron chi connectivity index (χ2n) is 8.18. The quantitative estimate of drug-likeness (QED) is 0.709. The molecule has 1 aliphatic rings. The molecule has 1 fully saturated rings. The lowest BCUT2D eigenvalue weighted by molar-refractivity contribution is 0.0394. The van der Waals surface area contributed by atoms with Crippen molar-refractivity contribution in [2.24, 2.45) is 5.92 Å². The number of aromatic nitrogens is 3. The number of nitrogens with zero attached hydrogens (tertiary/aromatic N) is 4. The number of ether oxygens (including phenoxy) is 2. The molecule has 30 heavy (non-hydrogen) atoms. The molecule has 1 atom stereocenters. The van der Waals surface area contributed by atoms with Crippen molar-refractivity contribution in [2.75, 3.05) is 32.6 Å². The standard InChI is InChI=1S/C22H29N5O3/c1-14(2)12-15-8-11-30-10-5-9-26(15)21(28)17-13-27-20(24-17)16-6-4-7-18(29-3)19(16)25-22(27)23/h4,6-7,13-15H,5,8-12H2,1-3H3,(H2,23,25). The molecular formula is C22H29N5O3. The highest BCUT2D eigenvalue weighted by Crippen LogP contribution is 2.29. The zero-order chi connectivity index (χ0) is 21.3. The maximum Gasteiger partial charge on any atom is 0.274 e. The lowest BCUT2D eigenvalue weighted by Crippen LogP contribution is -2.44. The highest BCUT2D eigenvalue weighted by molar-refractivity contribution is 5.99. The first-order valence-corrected chi connectivity index (χ1v) is 10.5. The number of nitrogens with two attached hydrogens (primary N) is 1. The first-order chi connectivity index (χ1) is 14.5. The van der Waals surface area contributed by atoms with Gasteiger partial charge in [-0.05, 0) is 37.3 Å². The van der Waals surface area contributed by atoms with Gasteiger partial charge in [-0.1, -0.05) is 19.9 Å². The summed E-state index contributed by atoms with van der Waals surface area (Å²) in [6.07, 6.45) is 4.28.